The molecule has 174 valence electrons. The van der Waals surface area contributed by atoms with Crippen molar-refractivity contribution in [1.29, 1.82) is 0 Å². The van der Waals surface area contributed by atoms with Crippen LogP contribution in [0.25, 0.3) is 0 Å². The molecule has 1 aliphatic rings. The number of halogens is 3. The summed E-state index contributed by atoms with van der Waals surface area (Å²) in [5, 5.41) is 2.59. The van der Waals surface area contributed by atoms with Crippen molar-refractivity contribution in [3.05, 3.63) is 53.6 Å². The summed E-state index contributed by atoms with van der Waals surface area (Å²) >= 11 is 0. The molecule has 32 heavy (non-hydrogen) atoms. The first-order valence-electron chi connectivity index (χ1n) is 10.2. The molecule has 6 nitrogen and oxygen atoms in total. The van der Waals surface area contributed by atoms with Crippen molar-refractivity contribution in [1.82, 2.24) is 4.31 Å². The number of nitrogens with zero attached hydrogens (tertiary/aromatic N) is 1. The molecule has 0 saturated carbocycles. The number of hydrogen-bond acceptors (Lipinski definition) is 4. The first kappa shape index (κ1) is 24.1. The normalized spacial score (nSPS) is 17.7. The van der Waals surface area contributed by atoms with Crippen molar-refractivity contribution in [2.75, 3.05) is 25.0 Å². The van der Waals surface area contributed by atoms with Crippen LogP contribution >= 0.6 is 0 Å². The fourth-order valence-electron chi connectivity index (χ4n) is 3.61. The Kier molecular flexibility index (Phi) is 7.14. The number of rotatable bonds is 6. The van der Waals surface area contributed by atoms with Crippen LogP contribution < -0.4 is 10.1 Å². The molecule has 0 aliphatic carbocycles. The molecule has 2 aromatic carbocycles. The van der Waals surface area contributed by atoms with Gasteiger partial charge in [-0.2, -0.15) is 17.5 Å². The SMILES string of the molecule is CCOc1ccc(S(=O)(=O)N2CCC[C@H](C(=O)Nc3ccc(C(F)(F)F)cc3)C2)cc1C. The number of carbonyl (C=O) groups excluding carboxylic acids is 1. The molecule has 10 heteroatoms. The summed E-state index contributed by atoms with van der Waals surface area (Å²) in [6, 6.07) is 8.79. The molecule has 0 spiro atoms. The van der Waals surface area contributed by atoms with Gasteiger partial charge in [-0.15, -0.1) is 0 Å². The summed E-state index contributed by atoms with van der Waals surface area (Å²) in [7, 11) is -3.80. The van der Waals surface area contributed by atoms with Crippen molar-refractivity contribution >= 4 is 21.6 Å². The number of sulfonamides is 1. The van der Waals surface area contributed by atoms with Gasteiger partial charge in [-0.05, 0) is 74.7 Å². The Morgan fingerprint density at radius 2 is 1.88 bits per heavy atom. The summed E-state index contributed by atoms with van der Waals surface area (Å²) in [5.74, 6) is -0.420. The van der Waals surface area contributed by atoms with E-state index in [4.69, 9.17) is 4.74 Å². The first-order chi connectivity index (χ1) is 15.0. The summed E-state index contributed by atoms with van der Waals surface area (Å²) in [6.07, 6.45) is -3.47. The second kappa shape index (κ2) is 9.50. The van der Waals surface area contributed by atoms with Crippen LogP contribution in [-0.2, 0) is 21.0 Å². The largest absolute Gasteiger partial charge is 0.494 e. The van der Waals surface area contributed by atoms with Crippen LogP contribution in [0.4, 0.5) is 18.9 Å². The smallest absolute Gasteiger partial charge is 0.416 e. The van der Waals surface area contributed by atoms with E-state index in [0.717, 1.165) is 12.1 Å². The third-order valence-electron chi connectivity index (χ3n) is 5.32. The maximum Gasteiger partial charge on any atom is 0.416 e. The van der Waals surface area contributed by atoms with Crippen LogP contribution in [0.5, 0.6) is 5.75 Å². The predicted octanol–water partition coefficient (Wildman–Crippen LogP) is 4.45. The molecule has 1 amide bonds. The number of aryl methyl sites for hydroxylation is 1. The quantitative estimate of drug-likeness (QED) is 0.677. The second-order valence-electron chi connectivity index (χ2n) is 7.63. The van der Waals surface area contributed by atoms with Crippen molar-refractivity contribution in [3.63, 3.8) is 0 Å². The van der Waals surface area contributed by atoms with Gasteiger partial charge in [0.25, 0.3) is 0 Å². The molecule has 0 aromatic heterocycles. The third-order valence-corrected chi connectivity index (χ3v) is 7.18. The van der Waals surface area contributed by atoms with Gasteiger partial charge in [0.2, 0.25) is 15.9 Å². The van der Waals surface area contributed by atoms with Gasteiger partial charge in [-0.25, -0.2) is 8.42 Å². The van der Waals surface area contributed by atoms with Crippen LogP contribution in [0.15, 0.2) is 47.4 Å². The zero-order valence-electron chi connectivity index (χ0n) is 17.8. The fraction of sp³-hybridized carbons (Fsp3) is 0.409. The number of carbonyl (C=O) groups is 1. The molecule has 1 aliphatic heterocycles. The van der Waals surface area contributed by atoms with Gasteiger partial charge >= 0.3 is 6.18 Å². The standard InChI is InChI=1S/C22H25F3N2O4S/c1-3-31-20-11-10-19(13-15(20)2)32(29,30)27-12-4-5-16(14-27)21(28)26-18-8-6-17(7-9-18)22(23,24)25/h6-11,13,16H,3-5,12,14H2,1-2H3,(H,26,28)/t16-/m0/s1. The molecule has 2 aromatic rings. The van der Waals surface area contributed by atoms with Gasteiger partial charge < -0.3 is 10.1 Å². The van der Waals surface area contributed by atoms with Gasteiger partial charge in [-0.1, -0.05) is 0 Å². The zero-order valence-corrected chi connectivity index (χ0v) is 18.6. The maximum absolute atomic E-state index is 13.1. The van der Waals surface area contributed by atoms with Crippen LogP contribution in [0.2, 0.25) is 0 Å². The lowest BCUT2D eigenvalue weighted by Crippen LogP contribution is -2.43. The van der Waals surface area contributed by atoms with Gasteiger partial charge in [0.05, 0.1) is 23.0 Å². The fourth-order valence-corrected chi connectivity index (χ4v) is 5.22. The summed E-state index contributed by atoms with van der Waals surface area (Å²) in [5.41, 5.74) is 0.114. The van der Waals surface area contributed by atoms with E-state index in [9.17, 15) is 26.4 Å². The number of amides is 1. The monoisotopic (exact) mass is 470 g/mol. The lowest BCUT2D eigenvalue weighted by atomic mass is 9.98. The van der Waals surface area contributed by atoms with E-state index in [1.165, 1.54) is 22.5 Å². The van der Waals surface area contributed by atoms with E-state index >= 15 is 0 Å². The Labute approximate surface area is 185 Å². The summed E-state index contributed by atoms with van der Waals surface area (Å²) < 4.78 is 71.1. The molecule has 0 bridgehead atoms. The number of ether oxygens (including phenoxy) is 1. The van der Waals surface area contributed by atoms with E-state index < -0.39 is 33.6 Å². The minimum Gasteiger partial charge on any atom is -0.494 e. The van der Waals surface area contributed by atoms with Crippen LogP contribution in [0, 0.1) is 12.8 Å². The van der Waals surface area contributed by atoms with Crippen molar-refractivity contribution < 1.29 is 31.1 Å². The highest BCUT2D eigenvalue weighted by molar-refractivity contribution is 7.89. The Morgan fingerprint density at radius 3 is 2.47 bits per heavy atom. The van der Waals surface area contributed by atoms with Crippen molar-refractivity contribution in [2.24, 2.45) is 5.92 Å². The number of nitrogens with one attached hydrogen (secondary N) is 1. The van der Waals surface area contributed by atoms with E-state index in [1.807, 2.05) is 6.92 Å². The van der Waals surface area contributed by atoms with Gasteiger partial charge in [0, 0.05) is 18.8 Å². The van der Waals surface area contributed by atoms with Gasteiger partial charge in [0.1, 0.15) is 5.75 Å². The molecule has 1 atom stereocenters. The second-order valence-corrected chi connectivity index (χ2v) is 9.56. The molecule has 0 unspecified atom stereocenters. The average molecular weight is 471 g/mol. The molecule has 1 N–H and O–H groups in total. The highest BCUT2D eigenvalue weighted by Crippen LogP contribution is 2.31. The van der Waals surface area contributed by atoms with Gasteiger partial charge in [-0.3, -0.25) is 4.79 Å². The molecule has 1 heterocycles. The topological polar surface area (TPSA) is 75.7 Å². The molecule has 1 fully saturated rings. The Hall–Kier alpha value is -2.59. The van der Waals surface area contributed by atoms with E-state index in [0.29, 0.717) is 37.3 Å². The van der Waals surface area contributed by atoms with Crippen molar-refractivity contribution in [2.45, 2.75) is 37.8 Å². The zero-order chi connectivity index (χ0) is 23.5. The summed E-state index contributed by atoms with van der Waals surface area (Å²) in [4.78, 5) is 12.8. The van der Waals surface area contributed by atoms with Crippen molar-refractivity contribution in [3.8, 4) is 5.75 Å². The molecular formula is C22H25F3N2O4S. The van der Waals surface area contributed by atoms with Crippen LogP contribution in [-0.4, -0.2) is 38.3 Å². The van der Waals surface area contributed by atoms with E-state index in [-0.39, 0.29) is 17.1 Å². The first-order valence-corrected chi connectivity index (χ1v) is 11.7. The Morgan fingerprint density at radius 1 is 1.19 bits per heavy atom. The molecule has 0 radical (unpaired) electrons. The Balaban J connectivity index is 1.70. The van der Waals surface area contributed by atoms with Gasteiger partial charge in [0.15, 0.2) is 0 Å². The summed E-state index contributed by atoms with van der Waals surface area (Å²) in [6.45, 7) is 4.36. The minimum atomic E-state index is -4.46. The van der Waals surface area contributed by atoms with E-state index in [2.05, 4.69) is 5.32 Å². The Bertz CT molecular complexity index is 1070. The van der Waals surface area contributed by atoms with E-state index in [1.54, 1.807) is 19.1 Å². The van der Waals surface area contributed by atoms with Crippen LogP contribution in [0.1, 0.15) is 30.9 Å². The lowest BCUT2D eigenvalue weighted by molar-refractivity contribution is -0.137. The molecular weight excluding hydrogens is 445 g/mol. The number of piperidine rings is 1. The lowest BCUT2D eigenvalue weighted by Gasteiger charge is -2.31. The minimum absolute atomic E-state index is 0.00105. The third kappa shape index (κ3) is 5.42. The van der Waals surface area contributed by atoms with Crippen LogP contribution in [0.3, 0.4) is 0 Å². The highest BCUT2D eigenvalue weighted by Gasteiger charge is 2.34. The maximum atomic E-state index is 13.1. The molecule has 3 rings (SSSR count). The molecule has 1 saturated heterocycles. The number of benzene rings is 2. The number of hydrogen-bond donors (Lipinski definition) is 1. The average Bonchev–Trinajstić information content (AvgIpc) is 2.75. The number of anilines is 1. The highest BCUT2D eigenvalue weighted by atomic mass is 32.2. The predicted molar refractivity (Wildman–Crippen MR) is 114 cm³/mol. The number of alkyl halides is 3.